The van der Waals surface area contributed by atoms with Crippen molar-refractivity contribution < 1.29 is 14.3 Å². The molecule has 2 aromatic rings. The molecule has 1 aromatic carbocycles. The SMILES string of the molecule is Cc1cc(F)ccc1-n1nc(C(=O)O)cc1C(C)(C)C. The number of carbonyl (C=O) groups is 1. The second-order valence-corrected chi connectivity index (χ2v) is 5.81. The highest BCUT2D eigenvalue weighted by atomic mass is 19.1. The van der Waals surface area contributed by atoms with Crippen molar-refractivity contribution in [2.24, 2.45) is 0 Å². The molecule has 0 saturated heterocycles. The van der Waals surface area contributed by atoms with Gasteiger partial charge in [-0.1, -0.05) is 20.8 Å². The second kappa shape index (κ2) is 4.74. The minimum absolute atomic E-state index is 0.0151. The van der Waals surface area contributed by atoms with Gasteiger partial charge < -0.3 is 5.11 Å². The Morgan fingerprint density at radius 1 is 1.30 bits per heavy atom. The molecule has 1 aromatic heterocycles. The Kier molecular flexibility index (Phi) is 3.38. The second-order valence-electron chi connectivity index (χ2n) is 5.81. The Bertz CT molecular complexity index is 669. The molecular weight excluding hydrogens is 259 g/mol. The summed E-state index contributed by atoms with van der Waals surface area (Å²) in [5, 5.41) is 13.2. The van der Waals surface area contributed by atoms with Crippen molar-refractivity contribution in [1.29, 1.82) is 0 Å². The molecular formula is C15H17FN2O2. The van der Waals surface area contributed by atoms with Crippen molar-refractivity contribution in [2.45, 2.75) is 33.1 Å². The molecule has 1 N–H and O–H groups in total. The third-order valence-electron chi connectivity index (χ3n) is 3.08. The van der Waals surface area contributed by atoms with Crippen LogP contribution >= 0.6 is 0 Å². The quantitative estimate of drug-likeness (QED) is 0.915. The minimum Gasteiger partial charge on any atom is -0.476 e. The fourth-order valence-electron chi connectivity index (χ4n) is 2.06. The molecule has 0 spiro atoms. The largest absolute Gasteiger partial charge is 0.476 e. The Morgan fingerprint density at radius 2 is 1.95 bits per heavy atom. The van der Waals surface area contributed by atoms with E-state index in [-0.39, 0.29) is 16.9 Å². The normalized spacial score (nSPS) is 11.7. The maximum Gasteiger partial charge on any atom is 0.356 e. The van der Waals surface area contributed by atoms with Crippen LogP contribution in [0.3, 0.4) is 0 Å². The summed E-state index contributed by atoms with van der Waals surface area (Å²) in [5.41, 5.74) is 1.87. The van der Waals surface area contributed by atoms with Crippen LogP contribution in [0.1, 0.15) is 42.5 Å². The van der Waals surface area contributed by atoms with Crippen molar-refractivity contribution in [1.82, 2.24) is 9.78 Å². The summed E-state index contributed by atoms with van der Waals surface area (Å²) in [4.78, 5) is 11.1. The molecule has 106 valence electrons. The lowest BCUT2D eigenvalue weighted by atomic mass is 9.91. The lowest BCUT2D eigenvalue weighted by molar-refractivity contribution is 0.0690. The molecule has 0 aliphatic rings. The lowest BCUT2D eigenvalue weighted by Crippen LogP contribution is -2.18. The molecule has 0 fully saturated rings. The van der Waals surface area contributed by atoms with Gasteiger partial charge in [0.2, 0.25) is 0 Å². The highest BCUT2D eigenvalue weighted by molar-refractivity contribution is 5.85. The van der Waals surface area contributed by atoms with Gasteiger partial charge in [-0.3, -0.25) is 0 Å². The monoisotopic (exact) mass is 276 g/mol. The van der Waals surface area contributed by atoms with Crippen LogP contribution in [-0.4, -0.2) is 20.9 Å². The van der Waals surface area contributed by atoms with E-state index in [1.54, 1.807) is 23.7 Å². The van der Waals surface area contributed by atoms with E-state index >= 15 is 0 Å². The van der Waals surface area contributed by atoms with Gasteiger partial charge in [0.05, 0.1) is 11.4 Å². The maximum atomic E-state index is 13.2. The van der Waals surface area contributed by atoms with E-state index in [0.29, 0.717) is 11.3 Å². The van der Waals surface area contributed by atoms with Gasteiger partial charge in [0.1, 0.15) is 5.82 Å². The molecule has 0 atom stereocenters. The van der Waals surface area contributed by atoms with Crippen LogP contribution in [0, 0.1) is 12.7 Å². The average Bonchev–Trinajstić information content (AvgIpc) is 2.73. The van der Waals surface area contributed by atoms with Crippen molar-refractivity contribution in [3.63, 3.8) is 0 Å². The van der Waals surface area contributed by atoms with Gasteiger partial charge in [0, 0.05) is 5.41 Å². The summed E-state index contributed by atoms with van der Waals surface area (Å²) in [6.45, 7) is 7.70. The number of aromatic nitrogens is 2. The Balaban J connectivity index is 2.69. The molecule has 0 bridgehead atoms. The lowest BCUT2D eigenvalue weighted by Gasteiger charge is -2.21. The summed E-state index contributed by atoms with van der Waals surface area (Å²) in [6, 6.07) is 5.92. The van der Waals surface area contributed by atoms with E-state index in [0.717, 1.165) is 5.69 Å². The molecule has 1 heterocycles. The highest BCUT2D eigenvalue weighted by Gasteiger charge is 2.24. The Hall–Kier alpha value is -2.17. The van der Waals surface area contributed by atoms with Gasteiger partial charge in [-0.15, -0.1) is 0 Å². The molecule has 0 unspecified atom stereocenters. The number of halogens is 1. The molecule has 5 heteroatoms. The van der Waals surface area contributed by atoms with Gasteiger partial charge in [0.25, 0.3) is 0 Å². The van der Waals surface area contributed by atoms with E-state index in [1.807, 2.05) is 20.8 Å². The third kappa shape index (κ3) is 2.57. The first kappa shape index (κ1) is 14.2. The van der Waals surface area contributed by atoms with Crippen molar-refractivity contribution >= 4 is 5.97 Å². The molecule has 4 nitrogen and oxygen atoms in total. The predicted molar refractivity (Wildman–Crippen MR) is 73.9 cm³/mol. The van der Waals surface area contributed by atoms with Gasteiger partial charge in [0.15, 0.2) is 5.69 Å². The molecule has 20 heavy (non-hydrogen) atoms. The number of aromatic carboxylic acids is 1. The first-order chi connectivity index (χ1) is 9.20. The third-order valence-corrected chi connectivity index (χ3v) is 3.08. The predicted octanol–water partition coefficient (Wildman–Crippen LogP) is 3.32. The number of rotatable bonds is 2. The van der Waals surface area contributed by atoms with Crippen LogP contribution in [0.5, 0.6) is 0 Å². The standard InChI is InChI=1S/C15H17FN2O2/c1-9-7-10(16)5-6-12(9)18-13(15(2,3)4)8-11(17-18)14(19)20/h5-8H,1-4H3,(H,19,20). The smallest absolute Gasteiger partial charge is 0.356 e. The van der Waals surface area contributed by atoms with Crippen molar-refractivity contribution in [2.75, 3.05) is 0 Å². The van der Waals surface area contributed by atoms with E-state index in [9.17, 15) is 9.18 Å². The molecule has 0 aliphatic carbocycles. The first-order valence-corrected chi connectivity index (χ1v) is 6.30. The zero-order valence-corrected chi connectivity index (χ0v) is 11.9. The number of nitrogens with zero attached hydrogens (tertiary/aromatic N) is 2. The highest BCUT2D eigenvalue weighted by Crippen LogP contribution is 2.27. The van der Waals surface area contributed by atoms with Crippen molar-refractivity contribution in [3.05, 3.63) is 47.0 Å². The number of hydrogen-bond donors (Lipinski definition) is 1. The number of hydrogen-bond acceptors (Lipinski definition) is 2. The zero-order valence-electron chi connectivity index (χ0n) is 11.9. The maximum absolute atomic E-state index is 13.2. The van der Waals surface area contributed by atoms with Crippen LogP contribution in [0.15, 0.2) is 24.3 Å². The summed E-state index contributed by atoms with van der Waals surface area (Å²) in [7, 11) is 0. The molecule has 2 rings (SSSR count). The fourth-order valence-corrected chi connectivity index (χ4v) is 2.06. The van der Waals surface area contributed by atoms with Crippen LogP contribution in [0.2, 0.25) is 0 Å². The average molecular weight is 276 g/mol. The van der Waals surface area contributed by atoms with E-state index in [1.165, 1.54) is 12.1 Å². The summed E-state index contributed by atoms with van der Waals surface area (Å²) in [6.07, 6.45) is 0. The van der Waals surface area contributed by atoms with Crippen LogP contribution in [0.25, 0.3) is 5.69 Å². The van der Waals surface area contributed by atoms with Crippen LogP contribution < -0.4 is 0 Å². The van der Waals surface area contributed by atoms with E-state index < -0.39 is 5.97 Å². The summed E-state index contributed by atoms with van der Waals surface area (Å²) < 4.78 is 14.8. The van der Waals surface area contributed by atoms with Gasteiger partial charge in [-0.05, 0) is 36.8 Å². The zero-order chi connectivity index (χ0) is 15.1. The number of benzene rings is 1. The molecule has 0 saturated carbocycles. The summed E-state index contributed by atoms with van der Waals surface area (Å²) in [5.74, 6) is -1.40. The van der Waals surface area contributed by atoms with Crippen molar-refractivity contribution in [3.8, 4) is 5.69 Å². The number of carboxylic acid groups (broad SMARTS) is 1. The van der Waals surface area contributed by atoms with E-state index in [2.05, 4.69) is 5.10 Å². The topological polar surface area (TPSA) is 55.1 Å². The molecule has 0 amide bonds. The van der Waals surface area contributed by atoms with Gasteiger partial charge in [-0.2, -0.15) is 5.10 Å². The first-order valence-electron chi connectivity index (χ1n) is 6.30. The molecule has 0 aliphatic heterocycles. The van der Waals surface area contributed by atoms with E-state index in [4.69, 9.17) is 5.11 Å². The van der Waals surface area contributed by atoms with Gasteiger partial charge in [-0.25, -0.2) is 13.9 Å². The Labute approximate surface area is 116 Å². The number of carboxylic acids is 1. The number of aryl methyl sites for hydroxylation is 1. The minimum atomic E-state index is -1.07. The fraction of sp³-hybridized carbons (Fsp3) is 0.333. The summed E-state index contributed by atoms with van der Waals surface area (Å²) >= 11 is 0. The van der Waals surface area contributed by atoms with Crippen LogP contribution in [0.4, 0.5) is 4.39 Å². The van der Waals surface area contributed by atoms with Gasteiger partial charge >= 0.3 is 5.97 Å². The molecule has 0 radical (unpaired) electrons. The Morgan fingerprint density at radius 3 is 2.45 bits per heavy atom. The van der Waals surface area contributed by atoms with Crippen LogP contribution in [-0.2, 0) is 5.41 Å².